The molecule has 2 aromatic rings. The predicted octanol–water partition coefficient (Wildman–Crippen LogP) is 3.37. The number of benzene rings is 1. The number of sulfone groups is 1. The highest BCUT2D eigenvalue weighted by Crippen LogP contribution is 2.41. The van der Waals surface area contributed by atoms with Crippen LogP contribution in [0.3, 0.4) is 0 Å². The standard InChI is InChI=1S/C22H27F3N4O4S2/c1-15-3-5-18(6-4-15)35(32,33)29-9-7-19-20(26-2)28(14-27-21(19)29)17-11-16(12-17)13-34(30,31)10-8-22(23,24)25/h3-7,9,14,16-17,20,26H,8,10-13H2,1-2H3. The highest BCUT2D eigenvalue weighted by atomic mass is 32.2. The van der Waals surface area contributed by atoms with Gasteiger partial charge < -0.3 is 4.90 Å². The number of nitrogens with one attached hydrogen (secondary N) is 1. The van der Waals surface area contributed by atoms with E-state index < -0.39 is 38.2 Å². The molecule has 4 rings (SSSR count). The smallest absolute Gasteiger partial charge is 0.340 e. The van der Waals surface area contributed by atoms with Gasteiger partial charge in [0.1, 0.15) is 6.17 Å². The molecule has 13 heteroatoms. The third-order valence-corrected chi connectivity index (χ3v) is 9.92. The fourth-order valence-electron chi connectivity index (χ4n) is 4.54. The Balaban J connectivity index is 1.46. The van der Waals surface area contributed by atoms with Gasteiger partial charge in [-0.15, -0.1) is 0 Å². The topological polar surface area (TPSA) is 101 Å². The Hall–Kier alpha value is -2.38. The summed E-state index contributed by atoms with van der Waals surface area (Å²) in [6.07, 6.45) is -2.23. The van der Waals surface area contributed by atoms with Crippen molar-refractivity contribution in [3.05, 3.63) is 47.7 Å². The maximum atomic E-state index is 13.2. The van der Waals surface area contributed by atoms with Crippen LogP contribution in [-0.2, 0) is 19.9 Å². The lowest BCUT2D eigenvalue weighted by Crippen LogP contribution is -2.51. The monoisotopic (exact) mass is 532 g/mol. The highest BCUT2D eigenvalue weighted by Gasteiger charge is 2.41. The van der Waals surface area contributed by atoms with E-state index in [4.69, 9.17) is 0 Å². The van der Waals surface area contributed by atoms with Crippen molar-refractivity contribution >= 4 is 32.0 Å². The van der Waals surface area contributed by atoms with Gasteiger partial charge >= 0.3 is 6.18 Å². The summed E-state index contributed by atoms with van der Waals surface area (Å²) in [4.78, 5) is 6.46. The van der Waals surface area contributed by atoms with Crippen LogP contribution in [0.5, 0.6) is 0 Å². The molecule has 1 atom stereocenters. The molecule has 2 aliphatic rings. The third kappa shape index (κ3) is 5.41. The summed E-state index contributed by atoms with van der Waals surface area (Å²) in [5.74, 6) is -1.11. The van der Waals surface area contributed by atoms with Crippen molar-refractivity contribution in [2.75, 3.05) is 18.6 Å². The molecule has 1 saturated carbocycles. The molecule has 0 spiro atoms. The summed E-state index contributed by atoms with van der Waals surface area (Å²) >= 11 is 0. The first kappa shape index (κ1) is 25.7. The summed E-state index contributed by atoms with van der Waals surface area (Å²) in [6.45, 7) is 1.87. The van der Waals surface area contributed by atoms with Gasteiger partial charge in [-0.1, -0.05) is 17.7 Å². The number of halogens is 3. The fraction of sp³-hybridized carbons (Fsp3) is 0.500. The second kappa shape index (κ2) is 9.25. The van der Waals surface area contributed by atoms with Gasteiger partial charge in [0.05, 0.1) is 29.2 Å². The first-order chi connectivity index (χ1) is 16.3. The molecular weight excluding hydrogens is 505 g/mol. The minimum Gasteiger partial charge on any atom is -0.340 e. The first-order valence-corrected chi connectivity index (χ1v) is 14.4. The normalized spacial score (nSPS) is 22.7. The van der Waals surface area contributed by atoms with Crippen LogP contribution in [0.1, 0.15) is 36.6 Å². The Morgan fingerprint density at radius 2 is 1.74 bits per heavy atom. The van der Waals surface area contributed by atoms with Crippen molar-refractivity contribution < 1.29 is 30.0 Å². The van der Waals surface area contributed by atoms with E-state index in [1.165, 1.54) is 6.20 Å². The van der Waals surface area contributed by atoms with Gasteiger partial charge in [0.15, 0.2) is 15.7 Å². The van der Waals surface area contributed by atoms with E-state index >= 15 is 0 Å². The van der Waals surface area contributed by atoms with Crippen molar-refractivity contribution in [1.82, 2.24) is 14.2 Å². The Labute approximate surface area is 202 Å². The van der Waals surface area contributed by atoms with Crippen LogP contribution in [0, 0.1) is 12.8 Å². The van der Waals surface area contributed by atoms with Crippen LogP contribution in [0.15, 0.2) is 46.4 Å². The van der Waals surface area contributed by atoms with Gasteiger partial charge in [-0.3, -0.25) is 5.32 Å². The molecule has 1 N–H and O–H groups in total. The van der Waals surface area contributed by atoms with Crippen LogP contribution < -0.4 is 5.32 Å². The summed E-state index contributed by atoms with van der Waals surface area (Å²) < 4.78 is 88.8. The lowest BCUT2D eigenvalue weighted by molar-refractivity contribution is -0.129. The molecule has 1 aromatic heterocycles. The Bertz CT molecular complexity index is 1310. The molecule has 0 amide bonds. The largest absolute Gasteiger partial charge is 0.390 e. The van der Waals surface area contributed by atoms with Gasteiger partial charge in [-0.25, -0.2) is 25.8 Å². The third-order valence-electron chi connectivity index (χ3n) is 6.43. The van der Waals surface area contributed by atoms with E-state index in [9.17, 15) is 30.0 Å². The SMILES string of the molecule is CNC1c2ccn(S(=O)(=O)c3ccc(C)cc3)c2N=CN1C1CC(CS(=O)(=O)CCC(F)(F)F)C1. The lowest BCUT2D eigenvalue weighted by atomic mass is 9.80. The molecular formula is C22H27F3N4O4S2. The molecule has 1 aliphatic carbocycles. The maximum Gasteiger partial charge on any atom is 0.390 e. The zero-order chi connectivity index (χ0) is 25.6. The number of aryl methyl sites for hydroxylation is 1. The molecule has 0 bridgehead atoms. The lowest BCUT2D eigenvalue weighted by Gasteiger charge is -2.46. The molecule has 1 aromatic carbocycles. The van der Waals surface area contributed by atoms with Crippen molar-refractivity contribution in [3.63, 3.8) is 0 Å². The van der Waals surface area contributed by atoms with Crippen LogP contribution in [-0.4, -0.2) is 62.8 Å². The molecule has 1 aliphatic heterocycles. The van der Waals surface area contributed by atoms with Crippen molar-refractivity contribution in [2.45, 2.75) is 49.5 Å². The number of aromatic nitrogens is 1. The van der Waals surface area contributed by atoms with E-state index in [0.717, 1.165) is 9.54 Å². The number of rotatable bonds is 8. The molecule has 2 heterocycles. The van der Waals surface area contributed by atoms with E-state index in [1.807, 2.05) is 11.8 Å². The second-order valence-corrected chi connectivity index (χ2v) is 13.1. The number of hydrogen-bond acceptors (Lipinski definition) is 7. The molecule has 0 saturated heterocycles. The van der Waals surface area contributed by atoms with Crippen molar-refractivity contribution in [1.29, 1.82) is 0 Å². The van der Waals surface area contributed by atoms with Gasteiger partial charge in [-0.05, 0) is 50.9 Å². The number of fused-ring (bicyclic) bond motifs is 1. The summed E-state index contributed by atoms with van der Waals surface area (Å²) in [5, 5.41) is 3.15. The van der Waals surface area contributed by atoms with Crippen LogP contribution in [0.25, 0.3) is 0 Å². The summed E-state index contributed by atoms with van der Waals surface area (Å²) in [5.41, 5.74) is 1.60. The Kier molecular flexibility index (Phi) is 6.79. The first-order valence-electron chi connectivity index (χ1n) is 11.1. The van der Waals surface area contributed by atoms with Gasteiger partial charge in [-0.2, -0.15) is 13.2 Å². The fourth-order valence-corrected chi connectivity index (χ4v) is 7.54. The van der Waals surface area contributed by atoms with E-state index in [-0.39, 0.29) is 34.6 Å². The number of nitrogens with zero attached hydrogens (tertiary/aromatic N) is 3. The van der Waals surface area contributed by atoms with Crippen molar-refractivity contribution in [2.24, 2.45) is 10.9 Å². The van der Waals surface area contributed by atoms with Crippen LogP contribution in [0.4, 0.5) is 19.0 Å². The van der Waals surface area contributed by atoms with Gasteiger partial charge in [0, 0.05) is 17.8 Å². The minimum absolute atomic E-state index is 0.0655. The Morgan fingerprint density at radius 3 is 2.34 bits per heavy atom. The predicted molar refractivity (Wildman–Crippen MR) is 126 cm³/mol. The van der Waals surface area contributed by atoms with Crippen molar-refractivity contribution in [3.8, 4) is 0 Å². The zero-order valence-electron chi connectivity index (χ0n) is 19.2. The van der Waals surface area contributed by atoms with E-state index in [2.05, 4.69) is 10.3 Å². The van der Waals surface area contributed by atoms with Gasteiger partial charge in [0.25, 0.3) is 10.0 Å². The molecule has 1 fully saturated rings. The van der Waals surface area contributed by atoms with Gasteiger partial charge in [0.2, 0.25) is 0 Å². The zero-order valence-corrected chi connectivity index (χ0v) is 20.9. The number of hydrogen-bond donors (Lipinski definition) is 1. The second-order valence-electron chi connectivity index (χ2n) is 9.06. The molecule has 0 radical (unpaired) electrons. The number of aliphatic imine (C=N–C) groups is 1. The average Bonchev–Trinajstić information content (AvgIpc) is 3.19. The van der Waals surface area contributed by atoms with Crippen LogP contribution >= 0.6 is 0 Å². The molecule has 8 nitrogen and oxygen atoms in total. The number of alkyl halides is 3. The van der Waals surface area contributed by atoms with E-state index in [0.29, 0.717) is 18.4 Å². The minimum atomic E-state index is -4.50. The molecule has 192 valence electrons. The van der Waals surface area contributed by atoms with Crippen LogP contribution in [0.2, 0.25) is 0 Å². The summed E-state index contributed by atoms with van der Waals surface area (Å²) in [7, 11) is -5.92. The Morgan fingerprint density at radius 1 is 1.09 bits per heavy atom. The quantitative estimate of drug-likeness (QED) is 0.560. The van der Waals surface area contributed by atoms with E-state index in [1.54, 1.807) is 43.7 Å². The maximum absolute atomic E-state index is 13.2. The highest BCUT2D eigenvalue weighted by molar-refractivity contribution is 7.91. The molecule has 1 unspecified atom stereocenters. The summed E-state index contributed by atoms with van der Waals surface area (Å²) in [6, 6.07) is 8.15. The molecule has 35 heavy (non-hydrogen) atoms. The average molecular weight is 533 g/mol.